The summed E-state index contributed by atoms with van der Waals surface area (Å²) in [4.78, 5) is 44.1. The minimum atomic E-state index is -1.08. The lowest BCUT2D eigenvalue weighted by Crippen LogP contribution is -2.32. The highest BCUT2D eigenvalue weighted by Crippen LogP contribution is 2.07. The van der Waals surface area contributed by atoms with E-state index in [0.29, 0.717) is 32.2 Å². The predicted octanol–water partition coefficient (Wildman–Crippen LogP) is -1.13. The number of aliphatic imine (C=N–C) groups is 1. The van der Waals surface area contributed by atoms with Gasteiger partial charge in [0.2, 0.25) is 0 Å². The van der Waals surface area contributed by atoms with Crippen molar-refractivity contribution in [2.45, 2.75) is 44.2 Å². The van der Waals surface area contributed by atoms with Crippen molar-refractivity contribution in [1.29, 1.82) is 0 Å². The van der Waals surface area contributed by atoms with Gasteiger partial charge in [-0.15, -0.1) is 20.2 Å². The molecule has 2 unspecified atom stereocenters. The molecule has 0 aromatic carbocycles. The summed E-state index contributed by atoms with van der Waals surface area (Å²) in [5.74, 6) is -0.617. The van der Waals surface area contributed by atoms with Crippen molar-refractivity contribution in [3.8, 4) is 0 Å². The lowest BCUT2D eigenvalue weighted by molar-refractivity contribution is -0.790. The molecule has 0 aliphatic carbocycles. The monoisotopic (exact) mass is 380 g/mol. The summed E-state index contributed by atoms with van der Waals surface area (Å²) in [6.07, 6.45) is 0.660. The van der Waals surface area contributed by atoms with Gasteiger partial charge in [-0.25, -0.2) is 0 Å². The lowest BCUT2D eigenvalue weighted by Gasteiger charge is -2.14. The van der Waals surface area contributed by atoms with Crippen LogP contribution in [-0.2, 0) is 19.2 Å². The van der Waals surface area contributed by atoms with Gasteiger partial charge in [-0.1, -0.05) is 0 Å². The van der Waals surface area contributed by atoms with Crippen molar-refractivity contribution >= 4 is 11.9 Å². The number of unbranched alkanes of at least 4 members (excludes halogenated alkanes) is 1. The van der Waals surface area contributed by atoms with Crippen molar-refractivity contribution in [1.82, 2.24) is 0 Å². The van der Waals surface area contributed by atoms with E-state index in [0.717, 1.165) is 0 Å². The smallest absolute Gasteiger partial charge is 0.322 e. The minimum absolute atomic E-state index is 0.0378. The third kappa shape index (κ3) is 13.5. The van der Waals surface area contributed by atoms with Gasteiger partial charge < -0.3 is 31.6 Å². The second-order valence-electron chi connectivity index (χ2n) is 5.19. The van der Waals surface area contributed by atoms with Crippen LogP contribution in [0, 0.1) is 20.2 Å². The molecule has 14 nitrogen and oxygen atoms in total. The Bertz CT molecular complexity index is 484. The maximum absolute atomic E-state index is 11.6. The second kappa shape index (κ2) is 13.4. The average Bonchev–Trinajstić information content (AvgIpc) is 2.54. The molecule has 0 saturated heterocycles. The first-order valence-corrected chi connectivity index (χ1v) is 7.78. The Hall–Kier alpha value is -2.90. The third-order valence-corrected chi connectivity index (χ3v) is 3.04. The molecule has 0 aromatic rings. The van der Waals surface area contributed by atoms with Crippen molar-refractivity contribution in [2.75, 3.05) is 19.8 Å². The predicted molar refractivity (Wildman–Crippen MR) is 87.5 cm³/mol. The zero-order valence-electron chi connectivity index (χ0n) is 14.2. The highest BCUT2D eigenvalue weighted by atomic mass is 17.0. The number of guanidine groups is 1. The van der Waals surface area contributed by atoms with E-state index in [2.05, 4.69) is 14.7 Å². The normalized spacial score (nSPS) is 12.5. The van der Waals surface area contributed by atoms with Crippen LogP contribution in [-0.4, -0.2) is 54.0 Å². The van der Waals surface area contributed by atoms with Crippen molar-refractivity contribution in [3.05, 3.63) is 20.2 Å². The number of ether oxygens (including phenoxy) is 1. The molecule has 0 radical (unpaired) electrons. The third-order valence-electron chi connectivity index (χ3n) is 3.04. The summed E-state index contributed by atoms with van der Waals surface area (Å²) in [6, 6.07) is -0.803. The molecule has 0 spiro atoms. The first-order valence-electron chi connectivity index (χ1n) is 7.78. The van der Waals surface area contributed by atoms with E-state index in [1.165, 1.54) is 0 Å². The van der Waals surface area contributed by atoms with Crippen LogP contribution in [0.3, 0.4) is 0 Å². The number of carbonyl (C=O) groups excluding carboxylic acids is 1. The zero-order valence-corrected chi connectivity index (χ0v) is 14.2. The highest BCUT2D eigenvalue weighted by molar-refractivity contribution is 5.76. The summed E-state index contributed by atoms with van der Waals surface area (Å²) >= 11 is 0. The second-order valence-corrected chi connectivity index (χ2v) is 5.19. The molecule has 0 fully saturated rings. The Kier molecular flexibility index (Phi) is 11.9. The fourth-order valence-electron chi connectivity index (χ4n) is 1.82. The summed E-state index contributed by atoms with van der Waals surface area (Å²) < 4.78 is 4.98. The van der Waals surface area contributed by atoms with Gasteiger partial charge in [0.25, 0.3) is 10.2 Å². The first kappa shape index (κ1) is 23.1. The van der Waals surface area contributed by atoms with E-state index in [-0.39, 0.29) is 19.0 Å². The molecule has 26 heavy (non-hydrogen) atoms. The number of nitrogens with zero attached hydrogens (tertiary/aromatic N) is 3. The Morgan fingerprint density at radius 2 is 1.77 bits per heavy atom. The van der Waals surface area contributed by atoms with Gasteiger partial charge in [-0.2, -0.15) is 0 Å². The molecule has 0 aliphatic rings. The minimum Gasteiger partial charge on any atom is -0.465 e. The fraction of sp³-hybridized carbons (Fsp3) is 0.833. The number of carbonyl (C=O) groups is 1. The van der Waals surface area contributed by atoms with Crippen LogP contribution >= 0.6 is 0 Å². The summed E-state index contributed by atoms with van der Waals surface area (Å²) in [5.41, 5.74) is 16.0. The van der Waals surface area contributed by atoms with Gasteiger partial charge >= 0.3 is 5.97 Å². The largest absolute Gasteiger partial charge is 0.465 e. The highest BCUT2D eigenvalue weighted by Gasteiger charge is 2.17. The van der Waals surface area contributed by atoms with Crippen molar-refractivity contribution < 1.29 is 29.4 Å². The maximum Gasteiger partial charge on any atom is 0.322 e. The van der Waals surface area contributed by atoms with E-state index in [1.54, 1.807) is 0 Å². The quantitative estimate of drug-likeness (QED) is 0.0769. The van der Waals surface area contributed by atoms with Gasteiger partial charge in [-0.3, -0.25) is 9.79 Å². The Morgan fingerprint density at radius 1 is 1.08 bits per heavy atom. The number of rotatable bonds is 15. The summed E-state index contributed by atoms with van der Waals surface area (Å²) in [5, 5.41) is 18.3. The average molecular weight is 380 g/mol. The summed E-state index contributed by atoms with van der Waals surface area (Å²) in [6.45, 7) is -0.149. The van der Waals surface area contributed by atoms with E-state index >= 15 is 0 Å². The molecule has 0 heterocycles. The number of nitrogens with two attached hydrogens (primary N) is 3. The molecular formula is C12H24N6O8. The Labute approximate surface area is 148 Å². The van der Waals surface area contributed by atoms with E-state index in [9.17, 15) is 25.0 Å². The summed E-state index contributed by atoms with van der Waals surface area (Å²) in [7, 11) is 0. The van der Waals surface area contributed by atoms with Crippen LogP contribution in [0.2, 0.25) is 0 Å². The molecule has 0 bridgehead atoms. The molecule has 0 rings (SSSR count). The molecule has 0 aliphatic heterocycles. The van der Waals surface area contributed by atoms with Gasteiger partial charge in [0, 0.05) is 6.54 Å². The number of hydrogen-bond donors (Lipinski definition) is 3. The first-order chi connectivity index (χ1) is 12.2. The van der Waals surface area contributed by atoms with Gasteiger partial charge in [0.1, 0.15) is 18.8 Å². The van der Waals surface area contributed by atoms with Crippen molar-refractivity contribution in [2.24, 2.45) is 22.2 Å². The van der Waals surface area contributed by atoms with E-state index < -0.39 is 34.9 Å². The molecule has 150 valence electrons. The van der Waals surface area contributed by atoms with E-state index in [1.807, 2.05) is 0 Å². The van der Waals surface area contributed by atoms with Crippen LogP contribution in [0.15, 0.2) is 4.99 Å². The molecule has 0 amide bonds. The standard InChI is InChI=1S/C12H24N6O8/c13-10(5-3-6-16-12(14)15)11(19)24-7-2-1-4-9(26-18(22)23)8-25-17(20)21/h9-10H,1-8,13H2,(H4,14,15,16). The molecule has 6 N–H and O–H groups in total. The Morgan fingerprint density at radius 3 is 2.35 bits per heavy atom. The molecule has 0 saturated carbocycles. The molecular weight excluding hydrogens is 356 g/mol. The maximum atomic E-state index is 11.6. The molecule has 0 aromatic heterocycles. The molecule has 14 heteroatoms. The topological polar surface area (TPSA) is 221 Å². The van der Waals surface area contributed by atoms with Crippen LogP contribution in [0.1, 0.15) is 32.1 Å². The van der Waals surface area contributed by atoms with Crippen LogP contribution in [0.25, 0.3) is 0 Å². The lowest BCUT2D eigenvalue weighted by atomic mass is 10.1. The van der Waals surface area contributed by atoms with Gasteiger partial charge in [0.05, 0.1) is 6.61 Å². The van der Waals surface area contributed by atoms with Crippen LogP contribution < -0.4 is 17.2 Å². The molecule has 2 atom stereocenters. The zero-order chi connectivity index (χ0) is 19.9. The van der Waals surface area contributed by atoms with Gasteiger partial charge in [-0.05, 0) is 32.1 Å². The van der Waals surface area contributed by atoms with Gasteiger partial charge in [0.15, 0.2) is 5.96 Å². The van der Waals surface area contributed by atoms with E-state index in [4.69, 9.17) is 21.9 Å². The fourth-order valence-corrected chi connectivity index (χ4v) is 1.82. The van der Waals surface area contributed by atoms with Crippen LogP contribution in [0.4, 0.5) is 0 Å². The number of esters is 1. The van der Waals surface area contributed by atoms with Crippen molar-refractivity contribution in [3.63, 3.8) is 0 Å². The Balaban J connectivity index is 3.92. The SMILES string of the molecule is NC(N)=NCCCC(N)C(=O)OCCCCC(CO[N+](=O)[O-])O[N+](=O)[O-]. The van der Waals surface area contributed by atoms with Crippen LogP contribution in [0.5, 0.6) is 0 Å². The number of hydrogen-bond acceptors (Lipinski definition) is 10.